The number of hydrogen-bond acceptors (Lipinski definition) is 9. The van der Waals surface area contributed by atoms with Crippen LogP contribution in [0.3, 0.4) is 0 Å². The molecule has 0 saturated carbocycles. The molecule has 1 aliphatic rings. The molecule has 44 heavy (non-hydrogen) atoms. The molecule has 12 nitrogen and oxygen atoms in total. The number of benzene rings is 1. The molecule has 1 aromatic carbocycles. The molecule has 15 heteroatoms. The first-order chi connectivity index (χ1) is 20.7. The first-order valence-corrected chi connectivity index (χ1v) is 13.3. The number of aryl methyl sites for hydroxylation is 1. The lowest BCUT2D eigenvalue weighted by Crippen LogP contribution is -2.47. The van der Waals surface area contributed by atoms with Crippen LogP contribution < -0.4 is 21.1 Å². The summed E-state index contributed by atoms with van der Waals surface area (Å²) >= 11 is 0. The second-order valence-corrected chi connectivity index (χ2v) is 11.0. The highest BCUT2D eigenvalue weighted by Gasteiger charge is 2.43. The molecule has 3 aromatic heterocycles. The van der Waals surface area contributed by atoms with Crippen molar-refractivity contribution in [1.29, 1.82) is 0 Å². The second kappa shape index (κ2) is 12.5. The molecule has 1 amide bonds. The Morgan fingerprint density at radius 2 is 1.86 bits per heavy atom. The molecule has 1 unspecified atom stereocenters. The van der Waals surface area contributed by atoms with Gasteiger partial charge in [0.2, 0.25) is 5.91 Å². The van der Waals surface area contributed by atoms with Crippen LogP contribution in [0.25, 0.3) is 17.2 Å². The molecule has 0 spiro atoms. The number of pyridine rings is 1. The number of fused-ring (bicyclic) bond motifs is 2. The summed E-state index contributed by atoms with van der Waals surface area (Å²) in [5, 5.41) is 13.0. The molecule has 1 aliphatic heterocycles. The normalized spacial score (nSPS) is 14.7. The van der Waals surface area contributed by atoms with Gasteiger partial charge in [0.1, 0.15) is 29.8 Å². The number of amides is 1. The smallest absolute Gasteiger partial charge is 0.290 e. The monoisotopic (exact) mass is 615 g/mol. The summed E-state index contributed by atoms with van der Waals surface area (Å²) in [6, 6.07) is 4.80. The van der Waals surface area contributed by atoms with Gasteiger partial charge in [-0.3, -0.25) is 14.0 Å². The highest BCUT2D eigenvalue weighted by atomic mass is 19.2. The number of halogens is 3. The highest BCUT2D eigenvalue weighted by Crippen LogP contribution is 2.42. The lowest BCUT2D eigenvalue weighted by molar-refractivity contribution is -0.123. The van der Waals surface area contributed by atoms with Crippen molar-refractivity contribution in [2.75, 3.05) is 30.9 Å². The minimum atomic E-state index is -1.31. The van der Waals surface area contributed by atoms with Crippen LogP contribution in [-0.4, -0.2) is 62.6 Å². The van der Waals surface area contributed by atoms with Crippen molar-refractivity contribution in [2.45, 2.75) is 45.3 Å². The molecule has 5 N–H and O–H groups in total. The average molecular weight is 616 g/mol. The third kappa shape index (κ3) is 6.14. The maximum Gasteiger partial charge on any atom is 0.290 e. The Morgan fingerprint density at radius 1 is 1.18 bits per heavy atom. The van der Waals surface area contributed by atoms with Crippen molar-refractivity contribution in [3.8, 4) is 17.3 Å². The maximum absolute atomic E-state index is 14.2. The van der Waals surface area contributed by atoms with E-state index in [2.05, 4.69) is 20.6 Å². The van der Waals surface area contributed by atoms with E-state index in [1.54, 1.807) is 50.6 Å². The Morgan fingerprint density at radius 3 is 2.55 bits per heavy atom. The van der Waals surface area contributed by atoms with Crippen LogP contribution in [0.5, 0.6) is 5.75 Å². The van der Waals surface area contributed by atoms with Crippen LogP contribution >= 0.6 is 0 Å². The highest BCUT2D eigenvalue weighted by molar-refractivity contribution is 6.06. The lowest BCUT2D eigenvalue weighted by Gasteiger charge is -2.26. The fraction of sp³-hybridized carbons (Fsp3) is 0.345. The van der Waals surface area contributed by atoms with Crippen molar-refractivity contribution in [1.82, 2.24) is 19.4 Å². The van der Waals surface area contributed by atoms with Crippen molar-refractivity contribution in [3.63, 3.8) is 0 Å². The summed E-state index contributed by atoms with van der Waals surface area (Å²) in [5.74, 6) is -2.38. The average Bonchev–Trinajstić information content (AvgIpc) is 3.41. The summed E-state index contributed by atoms with van der Waals surface area (Å²) in [7, 11) is 1.56. The fourth-order valence-electron chi connectivity index (χ4n) is 4.81. The molecular formula is C29H32F3N7O5. The van der Waals surface area contributed by atoms with Crippen molar-refractivity contribution in [2.24, 2.45) is 5.73 Å². The van der Waals surface area contributed by atoms with Gasteiger partial charge in [0.15, 0.2) is 28.9 Å². The number of carboxylic acid groups (broad SMARTS) is 1. The molecule has 4 heterocycles. The zero-order valence-electron chi connectivity index (χ0n) is 24.7. The van der Waals surface area contributed by atoms with Gasteiger partial charge in [-0.05, 0) is 52.0 Å². The van der Waals surface area contributed by atoms with E-state index in [-0.39, 0.29) is 24.0 Å². The molecule has 1 atom stereocenters. The molecule has 4 aromatic rings. The van der Waals surface area contributed by atoms with Gasteiger partial charge in [-0.25, -0.2) is 28.1 Å². The minimum absolute atomic E-state index is 0.206. The van der Waals surface area contributed by atoms with Crippen LogP contribution in [0.1, 0.15) is 37.6 Å². The van der Waals surface area contributed by atoms with Gasteiger partial charge in [-0.1, -0.05) is 0 Å². The number of nitrogens with zero attached hydrogens (tertiary/aromatic N) is 4. The predicted molar refractivity (Wildman–Crippen MR) is 155 cm³/mol. The summed E-state index contributed by atoms with van der Waals surface area (Å²) in [4.78, 5) is 35.2. The Kier molecular flexibility index (Phi) is 9.11. The van der Waals surface area contributed by atoms with Gasteiger partial charge in [-0.15, -0.1) is 0 Å². The van der Waals surface area contributed by atoms with Crippen molar-refractivity contribution >= 4 is 29.7 Å². The third-order valence-electron chi connectivity index (χ3n) is 6.98. The number of carbonyl (C=O) groups is 2. The van der Waals surface area contributed by atoms with E-state index in [4.69, 9.17) is 30.1 Å². The van der Waals surface area contributed by atoms with Crippen LogP contribution in [-0.2, 0) is 26.3 Å². The number of methoxy groups -OCH3 is 1. The second-order valence-electron chi connectivity index (χ2n) is 11.0. The fourth-order valence-corrected chi connectivity index (χ4v) is 4.81. The van der Waals surface area contributed by atoms with E-state index in [0.29, 0.717) is 53.5 Å². The van der Waals surface area contributed by atoms with Gasteiger partial charge < -0.3 is 30.9 Å². The number of carbonyl (C=O) groups excluding carboxylic acids is 1. The van der Waals surface area contributed by atoms with Gasteiger partial charge in [0.05, 0.1) is 34.4 Å². The van der Waals surface area contributed by atoms with Crippen LogP contribution in [0, 0.1) is 24.4 Å². The molecule has 5 rings (SSSR count). The van der Waals surface area contributed by atoms with Crippen LogP contribution in [0.15, 0.2) is 30.5 Å². The number of nitrogens with one attached hydrogen (secondary N) is 2. The van der Waals surface area contributed by atoms with Gasteiger partial charge in [0, 0.05) is 19.9 Å². The number of rotatable bonds is 9. The van der Waals surface area contributed by atoms with E-state index >= 15 is 0 Å². The molecule has 0 aliphatic carbocycles. The van der Waals surface area contributed by atoms with Crippen LogP contribution in [0.2, 0.25) is 0 Å². The van der Waals surface area contributed by atoms with E-state index < -0.39 is 40.6 Å². The molecule has 0 saturated heterocycles. The molecule has 0 bridgehead atoms. The number of imidazole rings is 1. The SMILES string of the molecule is COCC(C)(N)CNc1nc(-c2c(C)nc3c(OCc4c(F)ccc(F)c4F)cccn23)nc2c1C(C)(C)C(=O)N2.O=CO. The summed E-state index contributed by atoms with van der Waals surface area (Å²) in [6.07, 6.45) is 1.71. The number of nitrogens with two attached hydrogens (primary N) is 1. The van der Waals surface area contributed by atoms with Gasteiger partial charge in [0.25, 0.3) is 6.47 Å². The van der Waals surface area contributed by atoms with Crippen molar-refractivity contribution < 1.29 is 37.3 Å². The van der Waals surface area contributed by atoms with E-state index in [9.17, 15) is 18.0 Å². The van der Waals surface area contributed by atoms with E-state index in [0.717, 1.165) is 6.07 Å². The number of anilines is 2. The molecule has 0 radical (unpaired) electrons. The first-order valence-electron chi connectivity index (χ1n) is 13.3. The standard InChI is InChI=1S/C28H30F3N7O3.CH2O2/c1-14-21(38-10-6-7-18(25(38)34-14)41-11-15-16(29)8-9-17(30)20(15)31)24-35-22(33-12-28(4,32)13-40-5)19-23(36-24)37-26(39)27(19,2)3;2-1-3/h6-10H,11-13,32H2,1-5H3,(H2,33,35,36,37,39);1H,(H,2,3). The Bertz CT molecular complexity index is 1730. The summed E-state index contributed by atoms with van der Waals surface area (Å²) in [6.45, 7) is 6.93. The molecule has 0 fully saturated rings. The molecule has 234 valence electrons. The third-order valence-corrected chi connectivity index (χ3v) is 6.98. The Labute approximate surface area is 250 Å². The first kappa shape index (κ1) is 32.2. The van der Waals surface area contributed by atoms with E-state index in [1.807, 2.05) is 6.92 Å². The summed E-state index contributed by atoms with van der Waals surface area (Å²) < 4.78 is 54.6. The topological polar surface area (TPSA) is 166 Å². The Balaban J connectivity index is 0.00000141. The van der Waals surface area contributed by atoms with Gasteiger partial charge in [-0.2, -0.15) is 0 Å². The number of hydrogen-bond donors (Lipinski definition) is 4. The Hall–Kier alpha value is -4.76. The number of ether oxygens (including phenoxy) is 2. The molecular weight excluding hydrogens is 583 g/mol. The summed E-state index contributed by atoms with van der Waals surface area (Å²) in [5.41, 5.74) is 6.16. The maximum atomic E-state index is 14.2. The zero-order valence-corrected chi connectivity index (χ0v) is 24.7. The zero-order chi connectivity index (χ0) is 32.4. The van der Waals surface area contributed by atoms with Crippen LogP contribution in [0.4, 0.5) is 24.8 Å². The number of aromatic nitrogens is 4. The van der Waals surface area contributed by atoms with Crippen molar-refractivity contribution in [3.05, 3.63) is 64.7 Å². The van der Waals surface area contributed by atoms with Gasteiger partial charge >= 0.3 is 0 Å². The quantitative estimate of drug-likeness (QED) is 0.161. The largest absolute Gasteiger partial charge is 0.485 e. The minimum Gasteiger partial charge on any atom is -0.485 e. The van der Waals surface area contributed by atoms with E-state index in [1.165, 1.54) is 0 Å². The lowest BCUT2D eigenvalue weighted by atomic mass is 9.87. The predicted octanol–water partition coefficient (Wildman–Crippen LogP) is 3.80.